The first-order valence-electron chi connectivity index (χ1n) is 10.2. The minimum Gasteiger partial charge on any atom is -0.496 e. The molecular formula is C25H27NO. The molecule has 138 valence electrons. The van der Waals surface area contributed by atoms with E-state index < -0.39 is 0 Å². The maximum Gasteiger partial charge on any atom is 0.123 e. The molecule has 2 bridgehead atoms. The van der Waals surface area contributed by atoms with Gasteiger partial charge >= 0.3 is 0 Å². The standard InChI is InChI=1S/C25H27NO/c1-27-25-13-11-19-6-4-5-9-23(19)24(25)17-26-16-18-10-12-22(26)15-21-8-3-2-7-20(21)14-18/h2-9,11,13,18,22H,10,12,14-17H2,1H3/t18-,22+/m0/s1. The average Bonchev–Trinajstić information content (AvgIpc) is 2.69. The molecule has 2 atom stereocenters. The van der Waals surface area contributed by atoms with Crippen LogP contribution in [0.5, 0.6) is 5.75 Å². The number of hydrogen-bond acceptors (Lipinski definition) is 2. The van der Waals surface area contributed by atoms with Crippen molar-refractivity contribution in [3.8, 4) is 5.75 Å². The van der Waals surface area contributed by atoms with Gasteiger partial charge in [0.2, 0.25) is 0 Å². The summed E-state index contributed by atoms with van der Waals surface area (Å²) in [6, 6.07) is 22.7. The number of rotatable bonds is 3. The zero-order chi connectivity index (χ0) is 18.2. The molecule has 3 aliphatic rings. The van der Waals surface area contributed by atoms with Crippen LogP contribution in [-0.2, 0) is 19.4 Å². The Morgan fingerprint density at radius 2 is 1.67 bits per heavy atom. The zero-order valence-corrected chi connectivity index (χ0v) is 16.0. The second-order valence-corrected chi connectivity index (χ2v) is 8.17. The highest BCUT2D eigenvalue weighted by atomic mass is 16.5. The molecule has 2 heterocycles. The predicted octanol–water partition coefficient (Wildman–Crippen LogP) is 5.23. The van der Waals surface area contributed by atoms with Gasteiger partial charge in [0.05, 0.1) is 7.11 Å². The van der Waals surface area contributed by atoms with Crippen LogP contribution in [0, 0.1) is 5.92 Å². The Morgan fingerprint density at radius 3 is 2.52 bits per heavy atom. The molecule has 1 saturated heterocycles. The summed E-state index contributed by atoms with van der Waals surface area (Å²) in [4.78, 5) is 2.73. The fourth-order valence-electron chi connectivity index (χ4n) is 5.17. The summed E-state index contributed by atoms with van der Waals surface area (Å²) < 4.78 is 5.76. The molecule has 2 heteroatoms. The molecule has 3 aromatic rings. The molecule has 0 aromatic heterocycles. The molecule has 2 aliphatic heterocycles. The van der Waals surface area contributed by atoms with Crippen LogP contribution in [0.2, 0.25) is 0 Å². The van der Waals surface area contributed by atoms with Gasteiger partial charge in [-0.1, -0.05) is 54.6 Å². The molecular weight excluding hydrogens is 330 g/mol. The molecule has 6 rings (SSSR count). The summed E-state index contributed by atoms with van der Waals surface area (Å²) in [7, 11) is 1.80. The van der Waals surface area contributed by atoms with Gasteiger partial charge in [-0.05, 0) is 59.6 Å². The average molecular weight is 357 g/mol. The third kappa shape index (κ3) is 3.12. The van der Waals surface area contributed by atoms with Crippen molar-refractivity contribution < 1.29 is 4.74 Å². The SMILES string of the molecule is COc1ccc2ccccc2c1CN1C[C@H]2CC[C@@H]1Cc1ccccc1C2. The number of benzene rings is 3. The summed E-state index contributed by atoms with van der Waals surface area (Å²) in [6.07, 6.45) is 5.08. The van der Waals surface area contributed by atoms with E-state index >= 15 is 0 Å². The van der Waals surface area contributed by atoms with Crippen molar-refractivity contribution >= 4 is 10.8 Å². The molecule has 0 amide bonds. The van der Waals surface area contributed by atoms with Gasteiger partial charge in [-0.3, -0.25) is 4.90 Å². The Balaban J connectivity index is 1.51. The van der Waals surface area contributed by atoms with Crippen LogP contribution < -0.4 is 4.74 Å². The first kappa shape index (κ1) is 16.8. The smallest absolute Gasteiger partial charge is 0.123 e. The molecule has 2 nitrogen and oxygen atoms in total. The van der Waals surface area contributed by atoms with Crippen molar-refractivity contribution in [3.63, 3.8) is 0 Å². The molecule has 0 saturated carbocycles. The zero-order valence-electron chi connectivity index (χ0n) is 16.0. The number of nitrogens with zero attached hydrogens (tertiary/aromatic N) is 1. The highest BCUT2D eigenvalue weighted by Crippen LogP contribution is 2.36. The van der Waals surface area contributed by atoms with Crippen LogP contribution in [0.15, 0.2) is 60.7 Å². The van der Waals surface area contributed by atoms with Gasteiger partial charge in [0.25, 0.3) is 0 Å². The molecule has 0 spiro atoms. The normalized spacial score (nSPS) is 22.3. The molecule has 0 radical (unpaired) electrons. The number of ether oxygens (including phenoxy) is 1. The molecule has 0 N–H and O–H groups in total. The van der Waals surface area contributed by atoms with E-state index in [1.165, 1.54) is 48.6 Å². The number of fused-ring (bicyclic) bond motifs is 3. The van der Waals surface area contributed by atoms with Gasteiger partial charge < -0.3 is 4.74 Å². The van der Waals surface area contributed by atoms with Crippen molar-refractivity contribution in [1.29, 1.82) is 0 Å². The van der Waals surface area contributed by atoms with Crippen molar-refractivity contribution in [2.75, 3.05) is 13.7 Å². The number of methoxy groups -OCH3 is 1. The second-order valence-electron chi connectivity index (χ2n) is 8.17. The summed E-state index contributed by atoms with van der Waals surface area (Å²) in [5, 5.41) is 2.63. The van der Waals surface area contributed by atoms with E-state index in [9.17, 15) is 0 Å². The van der Waals surface area contributed by atoms with E-state index in [0.717, 1.165) is 18.2 Å². The third-order valence-electron chi connectivity index (χ3n) is 6.58. The fourth-order valence-corrected chi connectivity index (χ4v) is 5.17. The van der Waals surface area contributed by atoms with Crippen LogP contribution in [0.25, 0.3) is 10.8 Å². The quantitative estimate of drug-likeness (QED) is 0.636. The van der Waals surface area contributed by atoms with Crippen LogP contribution in [-0.4, -0.2) is 24.6 Å². The molecule has 3 aromatic carbocycles. The Hall–Kier alpha value is -2.32. The summed E-state index contributed by atoms with van der Waals surface area (Å²) in [5.74, 6) is 1.79. The molecule has 0 unspecified atom stereocenters. The van der Waals surface area contributed by atoms with Gasteiger partial charge in [0, 0.05) is 24.7 Å². The minimum atomic E-state index is 0.631. The minimum absolute atomic E-state index is 0.631. The first-order valence-corrected chi connectivity index (χ1v) is 10.2. The maximum absolute atomic E-state index is 5.76. The van der Waals surface area contributed by atoms with E-state index in [4.69, 9.17) is 4.74 Å². The first-order chi connectivity index (χ1) is 13.3. The van der Waals surface area contributed by atoms with Crippen molar-refractivity contribution in [2.24, 2.45) is 5.92 Å². The largest absolute Gasteiger partial charge is 0.496 e. The highest BCUT2D eigenvalue weighted by molar-refractivity contribution is 5.87. The Kier molecular flexibility index (Phi) is 4.37. The highest BCUT2D eigenvalue weighted by Gasteiger charge is 2.32. The van der Waals surface area contributed by atoms with Crippen LogP contribution >= 0.6 is 0 Å². The van der Waals surface area contributed by atoms with E-state index in [2.05, 4.69) is 65.6 Å². The Labute approximate surface area is 161 Å². The van der Waals surface area contributed by atoms with E-state index in [-0.39, 0.29) is 0 Å². The van der Waals surface area contributed by atoms with Crippen LogP contribution in [0.4, 0.5) is 0 Å². The lowest BCUT2D eigenvalue weighted by atomic mass is 9.80. The number of hydrogen-bond donors (Lipinski definition) is 0. The third-order valence-corrected chi connectivity index (χ3v) is 6.58. The summed E-state index contributed by atoms with van der Waals surface area (Å²) in [6.45, 7) is 2.18. The van der Waals surface area contributed by atoms with Crippen molar-refractivity contribution in [3.05, 3.63) is 77.4 Å². The van der Waals surface area contributed by atoms with E-state index in [0.29, 0.717) is 6.04 Å². The fraction of sp³-hybridized carbons (Fsp3) is 0.360. The lowest BCUT2D eigenvalue weighted by Gasteiger charge is -2.42. The second kappa shape index (κ2) is 7.01. The Morgan fingerprint density at radius 1 is 0.889 bits per heavy atom. The topological polar surface area (TPSA) is 12.5 Å². The predicted molar refractivity (Wildman–Crippen MR) is 111 cm³/mol. The Bertz CT molecular complexity index is 963. The summed E-state index contributed by atoms with van der Waals surface area (Å²) >= 11 is 0. The van der Waals surface area contributed by atoms with Gasteiger partial charge in [0.15, 0.2) is 0 Å². The van der Waals surface area contributed by atoms with Crippen LogP contribution in [0.3, 0.4) is 0 Å². The van der Waals surface area contributed by atoms with Crippen LogP contribution in [0.1, 0.15) is 29.5 Å². The van der Waals surface area contributed by atoms with E-state index in [1.54, 1.807) is 18.2 Å². The van der Waals surface area contributed by atoms with E-state index in [1.807, 2.05) is 0 Å². The lowest BCUT2D eigenvalue weighted by molar-refractivity contribution is 0.0934. The van der Waals surface area contributed by atoms with Gasteiger partial charge in [-0.15, -0.1) is 0 Å². The molecule has 1 fully saturated rings. The monoisotopic (exact) mass is 357 g/mol. The number of piperidine rings is 1. The molecule has 27 heavy (non-hydrogen) atoms. The summed E-state index contributed by atoms with van der Waals surface area (Å²) in [5.41, 5.74) is 4.48. The maximum atomic E-state index is 5.76. The van der Waals surface area contributed by atoms with Gasteiger partial charge in [-0.2, -0.15) is 0 Å². The van der Waals surface area contributed by atoms with Crippen molar-refractivity contribution in [1.82, 2.24) is 4.90 Å². The molecule has 1 aliphatic carbocycles. The lowest BCUT2D eigenvalue weighted by Crippen LogP contribution is -2.46. The van der Waals surface area contributed by atoms with Gasteiger partial charge in [0.1, 0.15) is 5.75 Å². The van der Waals surface area contributed by atoms with Gasteiger partial charge in [-0.25, -0.2) is 0 Å². The van der Waals surface area contributed by atoms with Crippen molar-refractivity contribution in [2.45, 2.75) is 38.3 Å².